The van der Waals surface area contributed by atoms with E-state index in [9.17, 15) is 9.59 Å². The summed E-state index contributed by atoms with van der Waals surface area (Å²) in [5.41, 5.74) is 3.19. The van der Waals surface area contributed by atoms with Crippen LogP contribution in [0.1, 0.15) is 63.5 Å². The van der Waals surface area contributed by atoms with E-state index < -0.39 is 0 Å². The van der Waals surface area contributed by atoms with Crippen LogP contribution in [0.2, 0.25) is 0 Å². The van der Waals surface area contributed by atoms with Crippen LogP contribution in [0.25, 0.3) is 0 Å². The largest absolute Gasteiger partial charge is 0.342 e. The van der Waals surface area contributed by atoms with E-state index >= 15 is 0 Å². The number of carbonyl (C=O) groups excluding carboxylic acids is 2. The van der Waals surface area contributed by atoms with Gasteiger partial charge in [0.05, 0.1) is 0 Å². The minimum atomic E-state index is 0.0191. The molecule has 1 fully saturated rings. The molecule has 1 saturated carbocycles. The van der Waals surface area contributed by atoms with Crippen molar-refractivity contribution in [2.45, 2.75) is 66.2 Å². The average Bonchev–Trinajstić information content (AvgIpc) is 2.60. The van der Waals surface area contributed by atoms with Crippen LogP contribution in [0.5, 0.6) is 0 Å². The van der Waals surface area contributed by atoms with Crippen molar-refractivity contribution in [2.75, 3.05) is 18.4 Å². The Balaban J connectivity index is 1.88. The van der Waals surface area contributed by atoms with Crippen molar-refractivity contribution < 1.29 is 9.59 Å². The molecule has 0 radical (unpaired) electrons. The Kier molecular flexibility index (Phi) is 7.67. The van der Waals surface area contributed by atoms with Crippen LogP contribution in [-0.4, -0.2) is 29.8 Å². The van der Waals surface area contributed by atoms with Gasteiger partial charge in [-0.2, -0.15) is 0 Å². The molecular formula is C22H34N2O2. The molecule has 2 amide bonds. The second kappa shape index (κ2) is 9.75. The number of rotatable bonds is 7. The van der Waals surface area contributed by atoms with Gasteiger partial charge in [-0.15, -0.1) is 0 Å². The first kappa shape index (κ1) is 20.5. The van der Waals surface area contributed by atoms with Gasteiger partial charge < -0.3 is 10.2 Å². The Morgan fingerprint density at radius 1 is 0.923 bits per heavy atom. The molecule has 1 aromatic rings. The molecule has 1 aliphatic rings. The topological polar surface area (TPSA) is 49.4 Å². The summed E-state index contributed by atoms with van der Waals surface area (Å²) in [5, 5.41) is 3.07. The van der Waals surface area contributed by atoms with E-state index in [1.807, 2.05) is 30.9 Å². The van der Waals surface area contributed by atoms with E-state index in [4.69, 9.17) is 0 Å². The second-order valence-electron chi connectivity index (χ2n) is 7.74. The van der Waals surface area contributed by atoms with Gasteiger partial charge in [-0.3, -0.25) is 9.59 Å². The summed E-state index contributed by atoms with van der Waals surface area (Å²) in [7, 11) is 0. The molecule has 4 heteroatoms. The lowest BCUT2D eigenvalue weighted by atomic mass is 9.80. The highest BCUT2D eigenvalue weighted by molar-refractivity contribution is 5.93. The normalized spacial score (nSPS) is 19.8. The fourth-order valence-electron chi connectivity index (χ4n) is 4.02. The molecule has 144 valence electrons. The van der Waals surface area contributed by atoms with Gasteiger partial charge >= 0.3 is 0 Å². The summed E-state index contributed by atoms with van der Waals surface area (Å²) in [6, 6.07) is 6.12. The fourth-order valence-corrected chi connectivity index (χ4v) is 4.02. The standard InChI is InChI=1S/C22H34N2O2/c1-5-11-24(12-6-2)22(26)19-9-7-18(8-10-19)21(25)23-20-14-16(3)13-17(4)15-20/h13-15,18-19H,5-12H2,1-4H3,(H,23,25). The molecule has 26 heavy (non-hydrogen) atoms. The predicted octanol–water partition coefficient (Wildman–Crippen LogP) is 4.70. The number of aryl methyl sites for hydroxylation is 2. The minimum absolute atomic E-state index is 0.0191. The summed E-state index contributed by atoms with van der Waals surface area (Å²) in [6.45, 7) is 10.0. The van der Waals surface area contributed by atoms with E-state index in [1.165, 1.54) is 0 Å². The average molecular weight is 359 g/mol. The number of benzene rings is 1. The Labute approximate surface area is 158 Å². The monoisotopic (exact) mass is 358 g/mol. The predicted molar refractivity (Wildman–Crippen MR) is 107 cm³/mol. The lowest BCUT2D eigenvalue weighted by Gasteiger charge is -2.31. The quantitative estimate of drug-likeness (QED) is 0.768. The summed E-state index contributed by atoms with van der Waals surface area (Å²) in [4.78, 5) is 27.4. The van der Waals surface area contributed by atoms with Crippen molar-refractivity contribution in [1.82, 2.24) is 4.90 Å². The Hall–Kier alpha value is -1.84. The first-order valence-corrected chi connectivity index (χ1v) is 10.1. The van der Waals surface area contributed by atoms with Crippen LogP contribution in [-0.2, 0) is 9.59 Å². The highest BCUT2D eigenvalue weighted by Crippen LogP contribution is 2.31. The molecule has 2 rings (SSSR count). The number of hydrogen-bond donors (Lipinski definition) is 1. The van der Waals surface area contributed by atoms with Crippen LogP contribution in [0, 0.1) is 25.7 Å². The van der Waals surface area contributed by atoms with Crippen molar-refractivity contribution in [2.24, 2.45) is 11.8 Å². The zero-order chi connectivity index (χ0) is 19.1. The second-order valence-corrected chi connectivity index (χ2v) is 7.74. The van der Waals surface area contributed by atoms with Gasteiger partial charge in [0.2, 0.25) is 11.8 Å². The molecule has 0 heterocycles. The Bertz CT molecular complexity index is 592. The van der Waals surface area contributed by atoms with Crippen molar-refractivity contribution in [3.8, 4) is 0 Å². The van der Waals surface area contributed by atoms with E-state index in [0.717, 1.165) is 68.4 Å². The molecule has 0 unspecified atom stereocenters. The highest BCUT2D eigenvalue weighted by Gasteiger charge is 2.31. The number of carbonyl (C=O) groups is 2. The van der Waals surface area contributed by atoms with E-state index in [1.54, 1.807) is 0 Å². The Morgan fingerprint density at radius 3 is 1.92 bits per heavy atom. The maximum atomic E-state index is 12.7. The summed E-state index contributed by atoms with van der Waals surface area (Å²) in [6.07, 6.45) is 5.26. The molecule has 0 atom stereocenters. The smallest absolute Gasteiger partial charge is 0.227 e. The SMILES string of the molecule is CCCN(CCC)C(=O)C1CCC(C(=O)Nc2cc(C)cc(C)c2)CC1. The van der Waals surface area contributed by atoms with Crippen molar-refractivity contribution in [1.29, 1.82) is 0 Å². The third-order valence-electron chi connectivity index (χ3n) is 5.24. The number of hydrogen-bond acceptors (Lipinski definition) is 2. The molecule has 0 aromatic heterocycles. The Morgan fingerprint density at radius 2 is 1.42 bits per heavy atom. The first-order valence-electron chi connectivity index (χ1n) is 10.1. The zero-order valence-corrected chi connectivity index (χ0v) is 16.8. The molecule has 1 aromatic carbocycles. The maximum absolute atomic E-state index is 12.7. The first-order chi connectivity index (χ1) is 12.4. The van der Waals surface area contributed by atoms with E-state index in [2.05, 4.69) is 25.2 Å². The van der Waals surface area contributed by atoms with Crippen LogP contribution < -0.4 is 5.32 Å². The van der Waals surface area contributed by atoms with Gasteiger partial charge in [-0.25, -0.2) is 0 Å². The minimum Gasteiger partial charge on any atom is -0.342 e. The molecule has 4 nitrogen and oxygen atoms in total. The lowest BCUT2D eigenvalue weighted by Crippen LogP contribution is -2.39. The molecule has 1 aliphatic carbocycles. The summed E-state index contributed by atoms with van der Waals surface area (Å²) in [5.74, 6) is 0.505. The van der Waals surface area contributed by atoms with Crippen molar-refractivity contribution in [3.63, 3.8) is 0 Å². The van der Waals surface area contributed by atoms with Gasteiger partial charge in [0.25, 0.3) is 0 Å². The summed E-state index contributed by atoms with van der Waals surface area (Å²) >= 11 is 0. The third-order valence-corrected chi connectivity index (χ3v) is 5.24. The molecule has 0 aliphatic heterocycles. The summed E-state index contributed by atoms with van der Waals surface area (Å²) < 4.78 is 0. The van der Waals surface area contributed by atoms with Gasteiger partial charge in [0.1, 0.15) is 0 Å². The van der Waals surface area contributed by atoms with Gasteiger partial charge in [0.15, 0.2) is 0 Å². The van der Waals surface area contributed by atoms with Crippen LogP contribution in [0.3, 0.4) is 0 Å². The fraction of sp³-hybridized carbons (Fsp3) is 0.636. The highest BCUT2D eigenvalue weighted by atomic mass is 16.2. The van der Waals surface area contributed by atoms with Gasteiger partial charge in [-0.1, -0.05) is 19.9 Å². The number of nitrogens with one attached hydrogen (secondary N) is 1. The number of anilines is 1. The molecule has 0 bridgehead atoms. The molecule has 0 spiro atoms. The zero-order valence-electron chi connectivity index (χ0n) is 16.8. The molecule has 0 saturated heterocycles. The lowest BCUT2D eigenvalue weighted by molar-refractivity contribution is -0.138. The molecular weight excluding hydrogens is 324 g/mol. The van der Waals surface area contributed by atoms with Crippen LogP contribution in [0.4, 0.5) is 5.69 Å². The van der Waals surface area contributed by atoms with Crippen molar-refractivity contribution >= 4 is 17.5 Å². The molecule has 1 N–H and O–H groups in total. The number of amides is 2. The van der Waals surface area contributed by atoms with Crippen LogP contribution in [0.15, 0.2) is 18.2 Å². The number of nitrogens with zero attached hydrogens (tertiary/aromatic N) is 1. The van der Waals surface area contributed by atoms with E-state index in [0.29, 0.717) is 5.91 Å². The third kappa shape index (κ3) is 5.58. The van der Waals surface area contributed by atoms with Gasteiger partial charge in [0, 0.05) is 30.6 Å². The van der Waals surface area contributed by atoms with E-state index in [-0.39, 0.29) is 17.7 Å². The van der Waals surface area contributed by atoms with Gasteiger partial charge in [-0.05, 0) is 75.6 Å². The van der Waals surface area contributed by atoms with Crippen molar-refractivity contribution in [3.05, 3.63) is 29.3 Å². The maximum Gasteiger partial charge on any atom is 0.227 e. The van der Waals surface area contributed by atoms with Crippen LogP contribution >= 0.6 is 0 Å².